The molecule has 0 radical (unpaired) electrons. The molecule has 1 aliphatic heterocycles. The average Bonchev–Trinajstić information content (AvgIpc) is 3.04. The lowest BCUT2D eigenvalue weighted by Crippen LogP contribution is -2.33. The first-order valence-corrected chi connectivity index (χ1v) is 9.70. The molecule has 1 aliphatic carbocycles. The molecule has 1 heterocycles. The van der Waals surface area contributed by atoms with E-state index in [4.69, 9.17) is 9.47 Å². The third-order valence-electron chi connectivity index (χ3n) is 5.55. The number of rotatable bonds is 5. The van der Waals surface area contributed by atoms with Crippen LogP contribution < -0.4 is 19.7 Å². The van der Waals surface area contributed by atoms with Crippen LogP contribution in [-0.2, 0) is 9.59 Å². The summed E-state index contributed by atoms with van der Waals surface area (Å²) >= 11 is 0. The van der Waals surface area contributed by atoms with E-state index in [1.54, 1.807) is 49.6 Å². The molecular weight excluding hydrogens is 384 g/mol. The highest BCUT2D eigenvalue weighted by atomic mass is 16.5. The van der Waals surface area contributed by atoms with E-state index in [0.717, 1.165) is 0 Å². The number of carbonyl (C=O) groups excluding carboxylic acids is 3. The van der Waals surface area contributed by atoms with Crippen molar-refractivity contribution < 1.29 is 23.9 Å². The van der Waals surface area contributed by atoms with Crippen molar-refractivity contribution in [2.45, 2.75) is 12.8 Å². The second-order valence-electron chi connectivity index (χ2n) is 7.21. The van der Waals surface area contributed by atoms with Crippen LogP contribution in [0.4, 0.5) is 11.4 Å². The number of allylic oxidation sites excluding steroid dienone is 2. The Kier molecular flexibility index (Phi) is 5.27. The van der Waals surface area contributed by atoms with Gasteiger partial charge in [-0.15, -0.1) is 0 Å². The van der Waals surface area contributed by atoms with E-state index in [9.17, 15) is 14.4 Å². The average molecular weight is 406 g/mol. The van der Waals surface area contributed by atoms with Crippen LogP contribution in [0.5, 0.6) is 11.5 Å². The molecule has 2 aromatic rings. The SMILES string of the molecule is COc1ccc(NC(=O)c2ccccc2N2C(=O)[C@@H]3CC=CC[C@H]3C2=O)c(OC)c1. The Bertz CT molecular complexity index is 1020. The van der Waals surface area contributed by atoms with Crippen LogP contribution in [0.3, 0.4) is 0 Å². The zero-order valence-electron chi connectivity index (χ0n) is 16.8. The second kappa shape index (κ2) is 8.02. The van der Waals surface area contributed by atoms with Crippen molar-refractivity contribution in [1.29, 1.82) is 0 Å². The number of amides is 3. The molecule has 0 spiro atoms. The number of ether oxygens (including phenoxy) is 2. The van der Waals surface area contributed by atoms with Gasteiger partial charge in [0.1, 0.15) is 11.5 Å². The number of nitrogens with zero attached hydrogens (tertiary/aromatic N) is 1. The predicted molar refractivity (Wildman–Crippen MR) is 112 cm³/mol. The van der Waals surface area contributed by atoms with Gasteiger partial charge in [-0.3, -0.25) is 14.4 Å². The Balaban J connectivity index is 1.65. The van der Waals surface area contributed by atoms with Crippen molar-refractivity contribution in [3.8, 4) is 11.5 Å². The molecule has 4 rings (SSSR count). The lowest BCUT2D eigenvalue weighted by Gasteiger charge is -2.19. The van der Waals surface area contributed by atoms with Crippen molar-refractivity contribution in [2.75, 3.05) is 24.4 Å². The first-order chi connectivity index (χ1) is 14.5. The van der Waals surface area contributed by atoms with E-state index >= 15 is 0 Å². The minimum absolute atomic E-state index is 0.240. The number of para-hydroxylation sites is 1. The number of fused-ring (bicyclic) bond motifs is 1. The number of nitrogens with one attached hydrogen (secondary N) is 1. The van der Waals surface area contributed by atoms with Gasteiger partial charge in [0.05, 0.1) is 43.0 Å². The summed E-state index contributed by atoms with van der Waals surface area (Å²) in [4.78, 5) is 40.2. The summed E-state index contributed by atoms with van der Waals surface area (Å²) in [6.07, 6.45) is 4.96. The molecule has 7 nitrogen and oxygen atoms in total. The molecule has 1 saturated heterocycles. The second-order valence-corrected chi connectivity index (χ2v) is 7.21. The Morgan fingerprint density at radius 2 is 1.63 bits per heavy atom. The summed E-state index contributed by atoms with van der Waals surface area (Å²) in [5.41, 5.74) is 0.991. The predicted octanol–water partition coefficient (Wildman–Crippen LogP) is 3.41. The quantitative estimate of drug-likeness (QED) is 0.608. The maximum absolute atomic E-state index is 13.1. The standard InChI is InChI=1S/C23H22N2O5/c1-29-14-11-12-18(20(13-14)30-2)24-21(26)17-9-5-6-10-19(17)25-22(27)15-7-3-4-8-16(15)23(25)28/h3-6,9-13,15-16H,7-8H2,1-2H3,(H,24,26)/t15-,16-/m1/s1. The van der Waals surface area contributed by atoms with E-state index in [0.29, 0.717) is 35.7 Å². The number of hydrogen-bond acceptors (Lipinski definition) is 5. The summed E-state index contributed by atoms with van der Waals surface area (Å²) in [5, 5.41) is 2.80. The van der Waals surface area contributed by atoms with Gasteiger partial charge in [-0.2, -0.15) is 0 Å². The van der Waals surface area contributed by atoms with E-state index in [2.05, 4.69) is 5.32 Å². The fraction of sp³-hybridized carbons (Fsp3) is 0.261. The molecule has 0 saturated carbocycles. The largest absolute Gasteiger partial charge is 0.497 e. The van der Waals surface area contributed by atoms with Gasteiger partial charge in [0.2, 0.25) is 11.8 Å². The molecule has 2 aliphatic rings. The lowest BCUT2D eigenvalue weighted by atomic mass is 9.85. The Morgan fingerprint density at radius 1 is 0.967 bits per heavy atom. The number of benzene rings is 2. The Labute approximate surface area is 174 Å². The molecule has 3 amide bonds. The first-order valence-electron chi connectivity index (χ1n) is 9.70. The summed E-state index contributed by atoms with van der Waals surface area (Å²) < 4.78 is 10.5. The molecule has 154 valence electrons. The van der Waals surface area contributed by atoms with E-state index in [1.807, 2.05) is 12.2 Å². The van der Waals surface area contributed by atoms with Gasteiger partial charge in [-0.05, 0) is 37.1 Å². The summed E-state index contributed by atoms with van der Waals surface area (Å²) in [5.74, 6) is -0.642. The van der Waals surface area contributed by atoms with Crippen LogP contribution in [0.2, 0.25) is 0 Å². The minimum Gasteiger partial charge on any atom is -0.497 e. The molecule has 30 heavy (non-hydrogen) atoms. The van der Waals surface area contributed by atoms with Crippen molar-refractivity contribution >= 4 is 29.1 Å². The Morgan fingerprint density at radius 3 is 2.27 bits per heavy atom. The number of imide groups is 1. The number of anilines is 2. The fourth-order valence-corrected chi connectivity index (χ4v) is 3.99. The summed E-state index contributed by atoms with van der Waals surface area (Å²) in [6, 6.07) is 11.7. The number of hydrogen-bond donors (Lipinski definition) is 1. The highest BCUT2D eigenvalue weighted by molar-refractivity contribution is 6.25. The molecule has 0 bridgehead atoms. The normalized spacial score (nSPS) is 20.1. The van der Waals surface area contributed by atoms with Crippen LogP contribution in [0.1, 0.15) is 23.2 Å². The minimum atomic E-state index is -0.442. The van der Waals surface area contributed by atoms with Gasteiger partial charge in [0.25, 0.3) is 5.91 Å². The zero-order valence-corrected chi connectivity index (χ0v) is 16.8. The van der Waals surface area contributed by atoms with Gasteiger partial charge >= 0.3 is 0 Å². The van der Waals surface area contributed by atoms with Crippen LogP contribution in [0.25, 0.3) is 0 Å². The molecule has 7 heteroatoms. The topological polar surface area (TPSA) is 84.9 Å². The van der Waals surface area contributed by atoms with Crippen molar-refractivity contribution in [2.24, 2.45) is 11.8 Å². The molecular formula is C23H22N2O5. The van der Waals surface area contributed by atoms with Crippen molar-refractivity contribution in [1.82, 2.24) is 0 Å². The van der Waals surface area contributed by atoms with Crippen LogP contribution in [-0.4, -0.2) is 31.9 Å². The van der Waals surface area contributed by atoms with Crippen LogP contribution in [0, 0.1) is 11.8 Å². The van der Waals surface area contributed by atoms with Crippen molar-refractivity contribution in [3.05, 3.63) is 60.2 Å². The highest BCUT2D eigenvalue weighted by Crippen LogP contribution is 2.39. The Hall–Kier alpha value is -3.61. The van der Waals surface area contributed by atoms with Crippen molar-refractivity contribution in [3.63, 3.8) is 0 Å². The molecule has 0 aromatic heterocycles. The van der Waals surface area contributed by atoms with Gasteiger partial charge in [0, 0.05) is 6.07 Å². The van der Waals surface area contributed by atoms with Gasteiger partial charge in [-0.1, -0.05) is 24.3 Å². The fourth-order valence-electron chi connectivity index (χ4n) is 3.99. The lowest BCUT2D eigenvalue weighted by molar-refractivity contribution is -0.122. The number of carbonyl (C=O) groups is 3. The summed E-state index contributed by atoms with van der Waals surface area (Å²) in [6.45, 7) is 0. The first kappa shape index (κ1) is 19.7. The highest BCUT2D eigenvalue weighted by Gasteiger charge is 2.48. The van der Waals surface area contributed by atoms with E-state index in [-0.39, 0.29) is 29.2 Å². The molecule has 2 atom stereocenters. The monoisotopic (exact) mass is 406 g/mol. The van der Waals surface area contributed by atoms with Gasteiger partial charge < -0.3 is 14.8 Å². The van der Waals surface area contributed by atoms with E-state index in [1.165, 1.54) is 12.0 Å². The summed E-state index contributed by atoms with van der Waals surface area (Å²) in [7, 11) is 3.04. The molecule has 2 aromatic carbocycles. The third kappa shape index (κ3) is 3.32. The van der Waals surface area contributed by atoms with Gasteiger partial charge in [0.15, 0.2) is 0 Å². The third-order valence-corrected chi connectivity index (χ3v) is 5.55. The molecule has 1 N–H and O–H groups in total. The number of methoxy groups -OCH3 is 2. The zero-order chi connectivity index (χ0) is 21.3. The molecule has 1 fully saturated rings. The van der Waals surface area contributed by atoms with Gasteiger partial charge in [-0.25, -0.2) is 4.90 Å². The van der Waals surface area contributed by atoms with E-state index < -0.39 is 5.91 Å². The van der Waals surface area contributed by atoms with Crippen LogP contribution in [0.15, 0.2) is 54.6 Å². The maximum atomic E-state index is 13.1. The smallest absolute Gasteiger partial charge is 0.257 e. The molecule has 0 unspecified atom stereocenters. The maximum Gasteiger partial charge on any atom is 0.257 e. The van der Waals surface area contributed by atoms with Crippen LogP contribution >= 0.6 is 0 Å².